The topological polar surface area (TPSA) is 46.5 Å². The molecular weight excluding hydrogens is 334 g/mol. The van der Waals surface area contributed by atoms with Crippen LogP contribution in [0.3, 0.4) is 0 Å². The monoisotopic (exact) mass is 353 g/mol. The highest BCUT2D eigenvalue weighted by atomic mass is 16.5. The molecule has 0 spiro atoms. The quantitative estimate of drug-likeness (QED) is 0.380. The van der Waals surface area contributed by atoms with Gasteiger partial charge in [0.2, 0.25) is 0 Å². The zero-order valence-corrected chi connectivity index (χ0v) is 14.7. The molecule has 0 radical (unpaired) electrons. The summed E-state index contributed by atoms with van der Waals surface area (Å²) in [4.78, 5) is 4.53. The molecule has 4 rings (SSSR count). The van der Waals surface area contributed by atoms with E-state index in [1.807, 2.05) is 91.0 Å². The smallest absolute Gasteiger partial charge is 0.146 e. The first-order chi connectivity index (χ1) is 13.4. The molecule has 4 heteroatoms. The third-order valence-corrected chi connectivity index (χ3v) is 4.12. The number of nitrogens with one attached hydrogen (secondary N) is 1. The lowest BCUT2D eigenvalue weighted by Gasteiger charge is -2.06. The van der Waals surface area contributed by atoms with Crippen LogP contribution in [-0.2, 0) is 6.61 Å². The number of hydrazone groups is 1. The molecule has 0 aliphatic heterocycles. The molecule has 0 fully saturated rings. The Balaban J connectivity index is 1.34. The van der Waals surface area contributed by atoms with E-state index in [4.69, 9.17) is 4.74 Å². The van der Waals surface area contributed by atoms with Crippen molar-refractivity contribution in [2.24, 2.45) is 5.10 Å². The van der Waals surface area contributed by atoms with E-state index in [9.17, 15) is 0 Å². The normalized spacial score (nSPS) is 11.0. The lowest BCUT2D eigenvalue weighted by Crippen LogP contribution is -1.96. The summed E-state index contributed by atoms with van der Waals surface area (Å²) in [6.07, 6.45) is 1.76. The summed E-state index contributed by atoms with van der Waals surface area (Å²) < 4.78 is 5.79. The van der Waals surface area contributed by atoms with Gasteiger partial charge < -0.3 is 4.74 Å². The number of fused-ring (bicyclic) bond motifs is 1. The fourth-order valence-electron chi connectivity index (χ4n) is 2.69. The first kappa shape index (κ1) is 16.8. The zero-order valence-electron chi connectivity index (χ0n) is 14.7. The predicted octanol–water partition coefficient (Wildman–Crippen LogP) is 5.26. The Morgan fingerprint density at radius 3 is 2.44 bits per heavy atom. The van der Waals surface area contributed by atoms with Crippen LogP contribution in [0.1, 0.15) is 11.1 Å². The summed E-state index contributed by atoms with van der Waals surface area (Å²) in [5.74, 6) is 1.55. The van der Waals surface area contributed by atoms with Gasteiger partial charge in [0.15, 0.2) is 0 Å². The molecule has 4 nitrogen and oxygen atoms in total. The second-order valence-corrected chi connectivity index (χ2v) is 6.10. The average Bonchev–Trinajstić information content (AvgIpc) is 2.74. The molecule has 0 atom stereocenters. The molecule has 132 valence electrons. The lowest BCUT2D eigenvalue weighted by atomic mass is 10.2. The van der Waals surface area contributed by atoms with E-state index in [0.29, 0.717) is 12.4 Å². The Morgan fingerprint density at radius 2 is 1.59 bits per heavy atom. The highest BCUT2D eigenvalue weighted by Crippen LogP contribution is 2.15. The largest absolute Gasteiger partial charge is 0.489 e. The summed E-state index contributed by atoms with van der Waals surface area (Å²) >= 11 is 0. The van der Waals surface area contributed by atoms with E-state index in [0.717, 1.165) is 27.8 Å². The van der Waals surface area contributed by atoms with Gasteiger partial charge in [-0.25, -0.2) is 4.98 Å². The predicted molar refractivity (Wildman–Crippen MR) is 110 cm³/mol. The van der Waals surface area contributed by atoms with Gasteiger partial charge in [-0.1, -0.05) is 48.5 Å². The van der Waals surface area contributed by atoms with Crippen molar-refractivity contribution in [3.8, 4) is 5.75 Å². The van der Waals surface area contributed by atoms with Crippen LogP contribution in [0, 0.1) is 0 Å². The molecule has 0 aliphatic rings. The third-order valence-electron chi connectivity index (χ3n) is 4.12. The summed E-state index contributed by atoms with van der Waals surface area (Å²) in [6.45, 7) is 0.559. The van der Waals surface area contributed by atoms with E-state index < -0.39 is 0 Å². The van der Waals surface area contributed by atoms with Crippen molar-refractivity contribution >= 4 is 22.9 Å². The van der Waals surface area contributed by atoms with Crippen molar-refractivity contribution in [1.82, 2.24) is 4.98 Å². The van der Waals surface area contributed by atoms with Gasteiger partial charge in [-0.3, -0.25) is 5.43 Å². The van der Waals surface area contributed by atoms with Gasteiger partial charge in [0.25, 0.3) is 0 Å². The summed E-state index contributed by atoms with van der Waals surface area (Å²) in [5.41, 5.74) is 6.05. The number of benzene rings is 3. The Kier molecular flexibility index (Phi) is 5.07. The zero-order chi connectivity index (χ0) is 18.3. The highest BCUT2D eigenvalue weighted by molar-refractivity contribution is 5.81. The van der Waals surface area contributed by atoms with Crippen LogP contribution in [0.4, 0.5) is 5.82 Å². The minimum atomic E-state index is 0.559. The van der Waals surface area contributed by atoms with Gasteiger partial charge in [-0.2, -0.15) is 5.10 Å². The van der Waals surface area contributed by atoms with Crippen LogP contribution in [0.25, 0.3) is 10.9 Å². The standard InChI is InChI=1S/C23H19N3O/c1-2-6-19(7-3-1)17-27-21-13-10-18(11-14-21)16-24-26-23-15-12-20-8-4-5-9-22(20)25-23/h1-16H,17H2,(H,25,26). The maximum atomic E-state index is 5.79. The number of aromatic nitrogens is 1. The molecule has 0 saturated carbocycles. The Hall–Kier alpha value is -3.66. The third kappa shape index (κ3) is 4.50. The minimum Gasteiger partial charge on any atom is -0.489 e. The van der Waals surface area contributed by atoms with Gasteiger partial charge in [-0.05, 0) is 53.6 Å². The van der Waals surface area contributed by atoms with E-state index in [-0.39, 0.29) is 0 Å². The van der Waals surface area contributed by atoms with Crippen molar-refractivity contribution in [1.29, 1.82) is 0 Å². The van der Waals surface area contributed by atoms with E-state index in [1.54, 1.807) is 6.21 Å². The molecule has 3 aromatic carbocycles. The number of hydrogen-bond donors (Lipinski definition) is 1. The summed E-state index contributed by atoms with van der Waals surface area (Å²) in [6, 6.07) is 29.9. The van der Waals surface area contributed by atoms with Gasteiger partial charge in [0.05, 0.1) is 11.7 Å². The fourth-order valence-corrected chi connectivity index (χ4v) is 2.69. The molecule has 1 aromatic heterocycles. The minimum absolute atomic E-state index is 0.559. The first-order valence-electron chi connectivity index (χ1n) is 8.78. The maximum absolute atomic E-state index is 5.79. The number of anilines is 1. The molecular formula is C23H19N3O. The molecule has 1 heterocycles. The molecule has 27 heavy (non-hydrogen) atoms. The molecule has 0 unspecified atom stereocenters. The van der Waals surface area contributed by atoms with Crippen molar-refractivity contribution in [3.05, 3.63) is 102 Å². The second kappa shape index (κ2) is 8.15. The Labute approximate surface area is 158 Å². The molecule has 0 amide bonds. The second-order valence-electron chi connectivity index (χ2n) is 6.10. The number of pyridine rings is 1. The first-order valence-corrected chi connectivity index (χ1v) is 8.78. The average molecular weight is 353 g/mol. The molecule has 0 bridgehead atoms. The van der Waals surface area contributed by atoms with Crippen LogP contribution in [0.5, 0.6) is 5.75 Å². The van der Waals surface area contributed by atoms with Crippen LogP contribution in [0.15, 0.2) is 96.1 Å². The van der Waals surface area contributed by atoms with Crippen LogP contribution < -0.4 is 10.2 Å². The van der Waals surface area contributed by atoms with Crippen molar-refractivity contribution in [3.63, 3.8) is 0 Å². The summed E-state index contributed by atoms with van der Waals surface area (Å²) in [7, 11) is 0. The van der Waals surface area contributed by atoms with Crippen LogP contribution in [0.2, 0.25) is 0 Å². The maximum Gasteiger partial charge on any atom is 0.146 e. The SMILES string of the molecule is C(=NNc1ccc2ccccc2n1)c1ccc(OCc2ccccc2)cc1. The Bertz CT molecular complexity index is 1040. The fraction of sp³-hybridized carbons (Fsp3) is 0.0435. The van der Waals surface area contributed by atoms with Crippen molar-refractivity contribution < 1.29 is 4.74 Å². The molecule has 1 N–H and O–H groups in total. The number of rotatable bonds is 6. The number of ether oxygens (including phenoxy) is 1. The highest BCUT2D eigenvalue weighted by Gasteiger charge is 1.97. The molecule has 4 aromatic rings. The van der Waals surface area contributed by atoms with Crippen LogP contribution in [-0.4, -0.2) is 11.2 Å². The van der Waals surface area contributed by atoms with Crippen LogP contribution >= 0.6 is 0 Å². The number of para-hydroxylation sites is 1. The number of nitrogens with zero attached hydrogens (tertiary/aromatic N) is 2. The summed E-state index contributed by atoms with van der Waals surface area (Å²) in [5, 5.41) is 5.37. The van der Waals surface area contributed by atoms with Gasteiger partial charge in [0, 0.05) is 5.39 Å². The van der Waals surface area contributed by atoms with Gasteiger partial charge >= 0.3 is 0 Å². The van der Waals surface area contributed by atoms with Gasteiger partial charge in [0.1, 0.15) is 18.2 Å². The molecule has 0 saturated heterocycles. The van der Waals surface area contributed by atoms with Crippen molar-refractivity contribution in [2.45, 2.75) is 6.61 Å². The van der Waals surface area contributed by atoms with E-state index >= 15 is 0 Å². The van der Waals surface area contributed by atoms with Gasteiger partial charge in [-0.15, -0.1) is 0 Å². The number of hydrogen-bond acceptors (Lipinski definition) is 4. The van der Waals surface area contributed by atoms with Crippen molar-refractivity contribution in [2.75, 3.05) is 5.43 Å². The molecule has 0 aliphatic carbocycles. The van der Waals surface area contributed by atoms with E-state index in [1.165, 1.54) is 0 Å². The lowest BCUT2D eigenvalue weighted by molar-refractivity contribution is 0.306. The Morgan fingerprint density at radius 1 is 0.815 bits per heavy atom. The van der Waals surface area contributed by atoms with E-state index in [2.05, 4.69) is 15.5 Å².